The first-order chi connectivity index (χ1) is 8.86. The zero-order chi connectivity index (χ0) is 12.4. The van der Waals surface area contributed by atoms with Crippen LogP contribution in [0.25, 0.3) is 11.4 Å². The molecule has 0 radical (unpaired) electrons. The number of nitrogens with zero attached hydrogens (tertiary/aromatic N) is 3. The van der Waals surface area contributed by atoms with Crippen LogP contribution in [0.4, 0.5) is 0 Å². The molecule has 1 saturated carbocycles. The van der Waals surface area contributed by atoms with E-state index in [1.807, 2.05) is 12.1 Å². The molecule has 4 nitrogen and oxygen atoms in total. The highest BCUT2D eigenvalue weighted by Crippen LogP contribution is 2.32. The van der Waals surface area contributed by atoms with Crippen molar-refractivity contribution in [2.45, 2.75) is 31.6 Å². The van der Waals surface area contributed by atoms with Crippen molar-refractivity contribution < 1.29 is 0 Å². The molecule has 0 atom stereocenters. The van der Waals surface area contributed by atoms with Crippen LogP contribution < -0.4 is 0 Å². The van der Waals surface area contributed by atoms with Crippen molar-refractivity contribution in [3.63, 3.8) is 0 Å². The van der Waals surface area contributed by atoms with Gasteiger partial charge in [0.15, 0.2) is 5.82 Å². The van der Waals surface area contributed by atoms with Gasteiger partial charge in [-0.15, -0.1) is 0 Å². The Morgan fingerprint density at radius 2 is 1.89 bits per heavy atom. The Balaban J connectivity index is 1.85. The monoisotopic (exact) mass is 238 g/mol. The molecule has 0 unspecified atom stereocenters. The van der Waals surface area contributed by atoms with Gasteiger partial charge in [-0.3, -0.25) is 5.10 Å². The highest BCUT2D eigenvalue weighted by Gasteiger charge is 2.20. The van der Waals surface area contributed by atoms with E-state index in [1.54, 1.807) is 12.1 Å². The molecule has 1 aromatic carbocycles. The molecule has 0 spiro atoms. The lowest BCUT2D eigenvalue weighted by atomic mass is 10.1. The van der Waals surface area contributed by atoms with E-state index in [2.05, 4.69) is 21.3 Å². The number of nitrogens with one attached hydrogen (secondary N) is 1. The summed E-state index contributed by atoms with van der Waals surface area (Å²) in [6, 6.07) is 9.47. The van der Waals surface area contributed by atoms with Crippen LogP contribution in [0.1, 0.15) is 43.0 Å². The molecule has 0 amide bonds. The Hall–Kier alpha value is -2.15. The highest BCUT2D eigenvalue weighted by atomic mass is 15.2. The van der Waals surface area contributed by atoms with Crippen LogP contribution >= 0.6 is 0 Å². The predicted octanol–water partition coefficient (Wildman–Crippen LogP) is 3.00. The molecule has 1 heterocycles. The van der Waals surface area contributed by atoms with Gasteiger partial charge in [-0.2, -0.15) is 10.4 Å². The Morgan fingerprint density at radius 3 is 2.56 bits per heavy atom. The minimum Gasteiger partial charge on any atom is -0.262 e. The number of aromatic nitrogens is 3. The number of hydrogen-bond acceptors (Lipinski definition) is 3. The van der Waals surface area contributed by atoms with Crippen LogP contribution in [-0.4, -0.2) is 15.2 Å². The van der Waals surface area contributed by atoms with Gasteiger partial charge in [0.25, 0.3) is 0 Å². The third-order valence-electron chi connectivity index (χ3n) is 3.52. The second kappa shape index (κ2) is 4.61. The van der Waals surface area contributed by atoms with E-state index in [4.69, 9.17) is 5.26 Å². The molecule has 1 aromatic heterocycles. The van der Waals surface area contributed by atoms with E-state index >= 15 is 0 Å². The molecule has 0 bridgehead atoms. The summed E-state index contributed by atoms with van der Waals surface area (Å²) in [5.74, 6) is 2.28. The molecule has 1 N–H and O–H groups in total. The summed E-state index contributed by atoms with van der Waals surface area (Å²) in [6.45, 7) is 0. The van der Waals surface area contributed by atoms with Gasteiger partial charge in [-0.05, 0) is 37.1 Å². The second-order valence-electron chi connectivity index (χ2n) is 4.71. The molecule has 4 heteroatoms. The largest absolute Gasteiger partial charge is 0.262 e. The van der Waals surface area contributed by atoms with E-state index < -0.39 is 0 Å². The summed E-state index contributed by atoms with van der Waals surface area (Å²) in [5.41, 5.74) is 1.61. The Bertz CT molecular complexity index is 571. The summed E-state index contributed by atoms with van der Waals surface area (Å²) in [7, 11) is 0. The lowest BCUT2D eigenvalue weighted by Crippen LogP contribution is -1.94. The van der Waals surface area contributed by atoms with Gasteiger partial charge in [0, 0.05) is 11.5 Å². The van der Waals surface area contributed by atoms with E-state index in [0.29, 0.717) is 11.5 Å². The molecular formula is C14H14N4. The molecule has 18 heavy (non-hydrogen) atoms. The van der Waals surface area contributed by atoms with Crippen molar-refractivity contribution in [1.29, 1.82) is 5.26 Å². The Morgan fingerprint density at radius 1 is 1.17 bits per heavy atom. The first-order valence-electron chi connectivity index (χ1n) is 6.29. The number of rotatable bonds is 2. The Labute approximate surface area is 106 Å². The van der Waals surface area contributed by atoms with Crippen LogP contribution in [0.5, 0.6) is 0 Å². The van der Waals surface area contributed by atoms with E-state index in [-0.39, 0.29) is 0 Å². The third kappa shape index (κ3) is 2.00. The molecule has 3 rings (SSSR count). The van der Waals surface area contributed by atoms with E-state index in [9.17, 15) is 0 Å². The number of H-pyrrole nitrogens is 1. The van der Waals surface area contributed by atoms with E-state index in [1.165, 1.54) is 25.7 Å². The lowest BCUT2D eigenvalue weighted by molar-refractivity contribution is 0.672. The van der Waals surface area contributed by atoms with Crippen molar-refractivity contribution in [2.24, 2.45) is 0 Å². The lowest BCUT2D eigenvalue weighted by Gasteiger charge is -2.01. The molecule has 1 aliphatic carbocycles. The van der Waals surface area contributed by atoms with Gasteiger partial charge >= 0.3 is 0 Å². The number of aromatic amines is 1. The normalized spacial score (nSPS) is 15.7. The van der Waals surface area contributed by atoms with Crippen LogP contribution in [0.15, 0.2) is 24.3 Å². The van der Waals surface area contributed by atoms with Crippen LogP contribution in [0.3, 0.4) is 0 Å². The Kier molecular flexibility index (Phi) is 2.81. The zero-order valence-corrected chi connectivity index (χ0v) is 10.1. The van der Waals surface area contributed by atoms with Crippen molar-refractivity contribution in [3.05, 3.63) is 35.7 Å². The highest BCUT2D eigenvalue weighted by molar-refractivity contribution is 5.56. The smallest absolute Gasteiger partial charge is 0.181 e. The van der Waals surface area contributed by atoms with E-state index in [0.717, 1.165) is 17.2 Å². The van der Waals surface area contributed by atoms with Crippen molar-refractivity contribution in [3.8, 4) is 17.5 Å². The summed E-state index contributed by atoms with van der Waals surface area (Å²) >= 11 is 0. The fourth-order valence-corrected chi connectivity index (χ4v) is 2.48. The summed E-state index contributed by atoms with van der Waals surface area (Å²) in [5, 5.41) is 16.1. The molecular weight excluding hydrogens is 224 g/mol. The molecule has 1 aliphatic rings. The SMILES string of the molecule is N#Cc1ccc(-c2n[nH]c(C3CCCC3)n2)cc1. The van der Waals surface area contributed by atoms with Crippen molar-refractivity contribution in [2.75, 3.05) is 0 Å². The van der Waals surface area contributed by atoms with Gasteiger partial charge in [0.2, 0.25) is 0 Å². The average Bonchev–Trinajstić information content (AvgIpc) is 3.09. The second-order valence-corrected chi connectivity index (χ2v) is 4.71. The fourth-order valence-electron chi connectivity index (χ4n) is 2.48. The maximum atomic E-state index is 8.76. The van der Waals surface area contributed by atoms with Gasteiger partial charge < -0.3 is 0 Å². The van der Waals surface area contributed by atoms with Crippen LogP contribution in [-0.2, 0) is 0 Å². The number of benzene rings is 1. The van der Waals surface area contributed by atoms with Crippen LogP contribution in [0, 0.1) is 11.3 Å². The standard InChI is InChI=1S/C14H14N4/c15-9-10-5-7-12(8-6-10)14-16-13(17-18-14)11-3-1-2-4-11/h5-8,11H,1-4H2,(H,16,17,18). The quantitative estimate of drug-likeness (QED) is 0.874. The topological polar surface area (TPSA) is 65.4 Å². The first kappa shape index (κ1) is 11.0. The molecule has 1 fully saturated rings. The van der Waals surface area contributed by atoms with Crippen LogP contribution in [0.2, 0.25) is 0 Å². The minimum atomic E-state index is 0.546. The number of hydrogen-bond donors (Lipinski definition) is 1. The maximum absolute atomic E-state index is 8.76. The third-order valence-corrected chi connectivity index (χ3v) is 3.52. The minimum absolute atomic E-state index is 0.546. The van der Waals surface area contributed by atoms with Gasteiger partial charge in [0.1, 0.15) is 5.82 Å². The average molecular weight is 238 g/mol. The summed E-state index contributed by atoms with van der Waals surface area (Å²) in [4.78, 5) is 4.57. The summed E-state index contributed by atoms with van der Waals surface area (Å²) in [6.07, 6.45) is 5.00. The fraction of sp³-hybridized carbons (Fsp3) is 0.357. The molecule has 0 aliphatic heterocycles. The summed E-state index contributed by atoms with van der Waals surface area (Å²) < 4.78 is 0. The molecule has 0 saturated heterocycles. The maximum Gasteiger partial charge on any atom is 0.181 e. The molecule has 90 valence electrons. The zero-order valence-electron chi connectivity index (χ0n) is 10.1. The number of nitriles is 1. The van der Waals surface area contributed by atoms with Gasteiger partial charge in [0.05, 0.1) is 11.6 Å². The van der Waals surface area contributed by atoms with Crippen molar-refractivity contribution >= 4 is 0 Å². The van der Waals surface area contributed by atoms with Gasteiger partial charge in [-0.25, -0.2) is 4.98 Å². The van der Waals surface area contributed by atoms with Crippen molar-refractivity contribution in [1.82, 2.24) is 15.2 Å². The van der Waals surface area contributed by atoms with Gasteiger partial charge in [-0.1, -0.05) is 12.8 Å². The molecule has 2 aromatic rings. The predicted molar refractivity (Wildman–Crippen MR) is 67.7 cm³/mol. The first-order valence-corrected chi connectivity index (χ1v) is 6.29.